The molecular formula is C10H6F2O2S. The molecule has 0 heterocycles. The minimum Gasteiger partial charge on any atom is -0.478 e. The summed E-state index contributed by atoms with van der Waals surface area (Å²) in [5.41, 5.74) is -0.879. The fourth-order valence-electron chi connectivity index (χ4n) is 0.944. The maximum Gasteiger partial charge on any atom is 0.335 e. The van der Waals surface area contributed by atoms with Crippen molar-refractivity contribution < 1.29 is 18.7 Å². The van der Waals surface area contributed by atoms with E-state index in [-0.39, 0.29) is 5.75 Å². The lowest BCUT2D eigenvalue weighted by Crippen LogP contribution is -2.01. The van der Waals surface area contributed by atoms with Gasteiger partial charge in [0.1, 0.15) is 11.6 Å². The molecule has 0 fully saturated rings. The van der Waals surface area contributed by atoms with E-state index in [4.69, 9.17) is 5.11 Å². The van der Waals surface area contributed by atoms with Gasteiger partial charge in [-0.3, -0.25) is 0 Å². The number of halogens is 2. The van der Waals surface area contributed by atoms with Gasteiger partial charge >= 0.3 is 5.97 Å². The van der Waals surface area contributed by atoms with E-state index in [9.17, 15) is 13.6 Å². The molecule has 1 rings (SSSR count). The largest absolute Gasteiger partial charge is 0.478 e. The molecular weight excluding hydrogens is 222 g/mol. The lowest BCUT2D eigenvalue weighted by atomic mass is 10.1. The number of carboxylic acids is 1. The van der Waals surface area contributed by atoms with Crippen LogP contribution in [0.5, 0.6) is 0 Å². The standard InChI is InChI=1S/C10H6F2O2S/c11-8-4-6(10(13)14)5-9(12)7(8)2-1-3-15/h4-5,15H,3H2,(H,13,14). The van der Waals surface area contributed by atoms with Crippen molar-refractivity contribution in [2.24, 2.45) is 0 Å². The van der Waals surface area contributed by atoms with Crippen LogP contribution in [0.3, 0.4) is 0 Å². The summed E-state index contributed by atoms with van der Waals surface area (Å²) in [6, 6.07) is 1.46. The highest BCUT2D eigenvalue weighted by atomic mass is 32.1. The van der Waals surface area contributed by atoms with Crippen molar-refractivity contribution in [3.05, 3.63) is 34.9 Å². The van der Waals surface area contributed by atoms with Crippen LogP contribution in [0.4, 0.5) is 8.78 Å². The van der Waals surface area contributed by atoms with Crippen molar-refractivity contribution in [3.63, 3.8) is 0 Å². The van der Waals surface area contributed by atoms with Gasteiger partial charge in [-0.15, -0.1) is 0 Å². The molecule has 2 nitrogen and oxygen atoms in total. The maximum atomic E-state index is 13.2. The summed E-state index contributed by atoms with van der Waals surface area (Å²) in [6.07, 6.45) is 0. The van der Waals surface area contributed by atoms with Crippen LogP contribution in [0, 0.1) is 23.5 Å². The SMILES string of the molecule is O=C(O)c1cc(F)c(C#CCS)c(F)c1. The molecule has 0 spiro atoms. The Kier molecular flexibility index (Phi) is 3.69. The Morgan fingerprint density at radius 1 is 1.40 bits per heavy atom. The first-order chi connectivity index (χ1) is 7.06. The highest BCUT2D eigenvalue weighted by Crippen LogP contribution is 2.14. The highest BCUT2D eigenvalue weighted by molar-refractivity contribution is 7.80. The van der Waals surface area contributed by atoms with E-state index in [1.54, 1.807) is 0 Å². The molecule has 1 aromatic carbocycles. The van der Waals surface area contributed by atoms with Gasteiger partial charge in [-0.25, -0.2) is 13.6 Å². The van der Waals surface area contributed by atoms with E-state index < -0.39 is 28.7 Å². The third-order valence-electron chi connectivity index (χ3n) is 1.58. The molecule has 15 heavy (non-hydrogen) atoms. The van der Waals surface area contributed by atoms with Crippen LogP contribution in [0.2, 0.25) is 0 Å². The maximum absolute atomic E-state index is 13.2. The second-order valence-corrected chi connectivity index (χ2v) is 2.90. The summed E-state index contributed by atoms with van der Waals surface area (Å²) in [5.74, 6) is 1.42. The molecule has 0 amide bonds. The minimum absolute atomic E-state index is 0.166. The summed E-state index contributed by atoms with van der Waals surface area (Å²) in [4.78, 5) is 10.4. The molecule has 0 aliphatic carbocycles. The van der Waals surface area contributed by atoms with Crippen molar-refractivity contribution in [1.29, 1.82) is 0 Å². The minimum atomic E-state index is -1.39. The first kappa shape index (κ1) is 11.5. The lowest BCUT2D eigenvalue weighted by molar-refractivity contribution is 0.0695. The number of benzene rings is 1. The number of hydrogen-bond donors (Lipinski definition) is 2. The van der Waals surface area contributed by atoms with Crippen molar-refractivity contribution >= 4 is 18.6 Å². The third kappa shape index (κ3) is 2.70. The number of carboxylic acid groups (broad SMARTS) is 1. The van der Waals surface area contributed by atoms with Crippen molar-refractivity contribution in [1.82, 2.24) is 0 Å². The van der Waals surface area contributed by atoms with Crippen LogP contribution in [0.25, 0.3) is 0 Å². The van der Waals surface area contributed by atoms with Gasteiger partial charge in [-0.05, 0) is 12.1 Å². The smallest absolute Gasteiger partial charge is 0.335 e. The molecule has 0 bridgehead atoms. The topological polar surface area (TPSA) is 37.3 Å². The zero-order chi connectivity index (χ0) is 11.4. The van der Waals surface area contributed by atoms with Gasteiger partial charge in [0.15, 0.2) is 0 Å². The fraction of sp³-hybridized carbons (Fsp3) is 0.100. The average Bonchev–Trinajstić information content (AvgIpc) is 2.16. The van der Waals surface area contributed by atoms with Gasteiger partial charge in [-0.2, -0.15) is 12.6 Å². The van der Waals surface area contributed by atoms with Gasteiger partial charge in [0, 0.05) is 0 Å². The van der Waals surface area contributed by atoms with E-state index in [1.165, 1.54) is 0 Å². The van der Waals surface area contributed by atoms with Gasteiger partial charge in [0.2, 0.25) is 0 Å². The first-order valence-electron chi connectivity index (χ1n) is 3.88. The molecule has 78 valence electrons. The van der Waals surface area contributed by atoms with Crippen molar-refractivity contribution in [2.45, 2.75) is 0 Å². The van der Waals surface area contributed by atoms with E-state index in [1.807, 2.05) is 0 Å². The molecule has 0 saturated carbocycles. The predicted molar refractivity (Wildman–Crippen MR) is 54.0 cm³/mol. The normalized spacial score (nSPS) is 9.27. The summed E-state index contributed by atoms with van der Waals surface area (Å²) in [6.45, 7) is 0. The Bertz CT molecular complexity index is 437. The second kappa shape index (κ2) is 4.80. The molecule has 1 aromatic rings. The number of carbonyl (C=O) groups is 1. The lowest BCUT2D eigenvalue weighted by Gasteiger charge is -1.99. The Morgan fingerprint density at radius 3 is 2.33 bits per heavy atom. The van der Waals surface area contributed by atoms with Gasteiger partial charge in [-0.1, -0.05) is 11.8 Å². The van der Waals surface area contributed by atoms with Crippen molar-refractivity contribution in [2.75, 3.05) is 5.75 Å². The molecule has 0 atom stereocenters. The second-order valence-electron chi connectivity index (χ2n) is 2.58. The monoisotopic (exact) mass is 228 g/mol. The van der Waals surface area contributed by atoms with Gasteiger partial charge in [0.05, 0.1) is 16.9 Å². The molecule has 0 saturated heterocycles. The zero-order valence-electron chi connectivity index (χ0n) is 7.42. The van der Waals surface area contributed by atoms with Crippen LogP contribution < -0.4 is 0 Å². The fourth-order valence-corrected chi connectivity index (χ4v) is 1.02. The van der Waals surface area contributed by atoms with Crippen LogP contribution in [-0.4, -0.2) is 16.8 Å². The molecule has 0 aliphatic heterocycles. The number of rotatable bonds is 1. The first-order valence-corrected chi connectivity index (χ1v) is 4.51. The van der Waals surface area contributed by atoms with Gasteiger partial charge < -0.3 is 5.11 Å². The molecule has 0 aliphatic rings. The van der Waals surface area contributed by atoms with E-state index in [2.05, 4.69) is 24.5 Å². The molecule has 0 aromatic heterocycles. The van der Waals surface area contributed by atoms with Crippen LogP contribution in [0.1, 0.15) is 15.9 Å². The molecule has 0 radical (unpaired) electrons. The number of aromatic carboxylic acids is 1. The van der Waals surface area contributed by atoms with Crippen LogP contribution in [-0.2, 0) is 0 Å². The van der Waals surface area contributed by atoms with E-state index >= 15 is 0 Å². The zero-order valence-corrected chi connectivity index (χ0v) is 8.31. The van der Waals surface area contributed by atoms with Gasteiger partial charge in [0.25, 0.3) is 0 Å². The Hall–Kier alpha value is -1.54. The summed E-state index contributed by atoms with van der Waals surface area (Å²) in [7, 11) is 0. The average molecular weight is 228 g/mol. The molecule has 0 unspecified atom stereocenters. The van der Waals surface area contributed by atoms with Crippen LogP contribution in [0.15, 0.2) is 12.1 Å². The predicted octanol–water partition coefficient (Wildman–Crippen LogP) is 1.94. The Balaban J connectivity index is 3.27. The van der Waals surface area contributed by atoms with Crippen LogP contribution >= 0.6 is 12.6 Å². The number of hydrogen-bond acceptors (Lipinski definition) is 2. The highest BCUT2D eigenvalue weighted by Gasteiger charge is 2.12. The Morgan fingerprint density at radius 2 is 1.93 bits per heavy atom. The number of thiol groups is 1. The third-order valence-corrected chi connectivity index (χ3v) is 1.74. The molecule has 5 heteroatoms. The summed E-state index contributed by atoms with van der Waals surface area (Å²) >= 11 is 3.76. The molecule has 1 N–H and O–H groups in total. The van der Waals surface area contributed by atoms with E-state index in [0.29, 0.717) is 0 Å². The Labute approximate surface area is 90.3 Å². The van der Waals surface area contributed by atoms with E-state index in [0.717, 1.165) is 12.1 Å². The summed E-state index contributed by atoms with van der Waals surface area (Å²) in [5, 5.41) is 8.52. The van der Waals surface area contributed by atoms with Crippen molar-refractivity contribution in [3.8, 4) is 11.8 Å². The quantitative estimate of drug-likeness (QED) is 0.569. The summed E-state index contributed by atoms with van der Waals surface area (Å²) < 4.78 is 26.3.